The lowest BCUT2D eigenvalue weighted by Gasteiger charge is -2.39. The number of amidine groups is 1. The number of anilines is 2. The van der Waals surface area contributed by atoms with Crippen LogP contribution in [-0.4, -0.2) is 41.5 Å². The van der Waals surface area contributed by atoms with Crippen molar-refractivity contribution in [2.75, 3.05) is 16.8 Å². The Hall–Kier alpha value is -3.55. The van der Waals surface area contributed by atoms with Gasteiger partial charge in [0, 0.05) is 24.2 Å². The van der Waals surface area contributed by atoms with Gasteiger partial charge in [0.05, 0.1) is 5.69 Å². The van der Waals surface area contributed by atoms with Gasteiger partial charge in [0.25, 0.3) is 11.9 Å². The number of carboxylic acids is 1. The number of carbonyl (C=O) groups is 2. The number of carboxylic acid groups (broad SMARTS) is 1. The van der Waals surface area contributed by atoms with E-state index in [1.807, 2.05) is 11.8 Å². The van der Waals surface area contributed by atoms with E-state index in [2.05, 4.69) is 73.0 Å². The molecule has 2 aliphatic heterocycles. The first kappa shape index (κ1) is 24.6. The summed E-state index contributed by atoms with van der Waals surface area (Å²) >= 11 is 0. The molecule has 35 heavy (non-hydrogen) atoms. The van der Waals surface area contributed by atoms with Crippen LogP contribution in [0, 0.1) is 0 Å². The standard InChI is InChI=1S/C25H30N4O2.C2H4O2/c1-15-24(30)28-27-23-14-31-22-12-19(16-8-10-17(11-9-16)25(2,3)4)20(13-21(22)29(15)23)26-18-6-5-7-18;1-2(3)4/h8-13,15,18,26H,5-7,14H2,1-4H3,(H,28,30);1H3,(H,3,4). The molecule has 0 radical (unpaired) electrons. The normalized spacial score (nSPS) is 19.0. The minimum atomic E-state index is -0.833. The Bertz CT molecular complexity index is 1140. The topological polar surface area (TPSA) is 103 Å². The first-order valence-electron chi connectivity index (χ1n) is 12.1. The van der Waals surface area contributed by atoms with Crippen molar-refractivity contribution in [3.8, 4) is 16.9 Å². The van der Waals surface area contributed by atoms with Gasteiger partial charge in [-0.05, 0) is 54.9 Å². The number of aliphatic carboxylic acids is 1. The highest BCUT2D eigenvalue weighted by atomic mass is 16.5. The summed E-state index contributed by atoms with van der Waals surface area (Å²) in [4.78, 5) is 23.3. The van der Waals surface area contributed by atoms with Crippen LogP contribution in [-0.2, 0) is 15.0 Å². The van der Waals surface area contributed by atoms with Gasteiger partial charge in [-0.1, -0.05) is 45.0 Å². The highest BCUT2D eigenvalue weighted by Gasteiger charge is 2.36. The number of hydrazone groups is 1. The third kappa shape index (κ3) is 5.26. The molecule has 1 fully saturated rings. The molecule has 0 spiro atoms. The summed E-state index contributed by atoms with van der Waals surface area (Å²) in [5.41, 5.74) is 8.28. The van der Waals surface area contributed by atoms with Crippen molar-refractivity contribution < 1.29 is 19.4 Å². The van der Waals surface area contributed by atoms with E-state index in [0.29, 0.717) is 12.6 Å². The van der Waals surface area contributed by atoms with Crippen molar-refractivity contribution in [1.82, 2.24) is 5.43 Å². The van der Waals surface area contributed by atoms with Crippen LogP contribution >= 0.6 is 0 Å². The van der Waals surface area contributed by atoms with Gasteiger partial charge in [0.2, 0.25) is 0 Å². The van der Waals surface area contributed by atoms with Gasteiger partial charge in [-0.2, -0.15) is 5.10 Å². The lowest BCUT2D eigenvalue weighted by atomic mass is 9.86. The first-order chi connectivity index (χ1) is 16.5. The number of ether oxygens (including phenoxy) is 1. The molecule has 0 aromatic heterocycles. The number of fused-ring (bicyclic) bond motifs is 3. The van der Waals surface area contributed by atoms with Crippen molar-refractivity contribution in [2.24, 2.45) is 5.10 Å². The molecule has 8 heteroatoms. The van der Waals surface area contributed by atoms with Crippen molar-refractivity contribution in [3.05, 3.63) is 42.0 Å². The van der Waals surface area contributed by atoms with E-state index in [1.165, 1.54) is 24.8 Å². The van der Waals surface area contributed by atoms with Gasteiger partial charge < -0.3 is 20.1 Å². The zero-order chi connectivity index (χ0) is 25.3. The third-order valence-corrected chi connectivity index (χ3v) is 6.58. The van der Waals surface area contributed by atoms with Crippen molar-refractivity contribution >= 4 is 29.1 Å². The van der Waals surface area contributed by atoms with E-state index in [-0.39, 0.29) is 17.4 Å². The summed E-state index contributed by atoms with van der Waals surface area (Å²) in [6.07, 6.45) is 3.64. The number of nitrogens with one attached hydrogen (secondary N) is 2. The fourth-order valence-corrected chi connectivity index (χ4v) is 4.35. The molecule has 3 aliphatic rings. The number of nitrogens with zero attached hydrogens (tertiary/aromatic N) is 2. The lowest BCUT2D eigenvalue weighted by molar-refractivity contribution is -0.134. The SMILES string of the molecule is CC(=O)O.CC1C(=O)NN=C2COc3cc(-c4ccc(C(C)(C)C)cc4)c(NC4CCC4)cc3N21. The molecule has 2 heterocycles. The van der Waals surface area contributed by atoms with Crippen LogP contribution in [0.5, 0.6) is 5.75 Å². The minimum absolute atomic E-state index is 0.105. The molecule has 8 nitrogen and oxygen atoms in total. The van der Waals surface area contributed by atoms with Crippen LogP contribution in [0.4, 0.5) is 11.4 Å². The summed E-state index contributed by atoms with van der Waals surface area (Å²) in [6, 6.07) is 13.2. The Labute approximate surface area is 206 Å². The maximum Gasteiger partial charge on any atom is 0.300 e. The maximum atomic E-state index is 12.3. The predicted octanol–water partition coefficient (Wildman–Crippen LogP) is 4.74. The van der Waals surface area contributed by atoms with Crippen LogP contribution in [0.25, 0.3) is 11.1 Å². The number of hydrogen-bond acceptors (Lipinski definition) is 6. The third-order valence-electron chi connectivity index (χ3n) is 6.58. The number of amides is 1. The largest absolute Gasteiger partial charge is 0.483 e. The second-order valence-electron chi connectivity index (χ2n) is 10.3. The van der Waals surface area contributed by atoms with Crippen LogP contribution < -0.4 is 20.4 Å². The zero-order valence-electron chi connectivity index (χ0n) is 21.0. The molecule has 5 rings (SSSR count). The summed E-state index contributed by atoms with van der Waals surface area (Å²) in [5, 5.41) is 15.4. The van der Waals surface area contributed by atoms with E-state index in [1.54, 1.807) is 0 Å². The summed E-state index contributed by atoms with van der Waals surface area (Å²) in [5.74, 6) is 0.581. The predicted molar refractivity (Wildman–Crippen MR) is 138 cm³/mol. The number of hydrogen-bond donors (Lipinski definition) is 3. The molecule has 1 unspecified atom stereocenters. The van der Waals surface area contributed by atoms with Crippen molar-refractivity contribution in [3.63, 3.8) is 0 Å². The highest BCUT2D eigenvalue weighted by molar-refractivity contribution is 6.10. The van der Waals surface area contributed by atoms with Gasteiger partial charge in [-0.15, -0.1) is 0 Å². The number of benzene rings is 2. The molecule has 2 aromatic rings. The fourth-order valence-electron chi connectivity index (χ4n) is 4.35. The van der Waals surface area contributed by atoms with Gasteiger partial charge in [0.1, 0.15) is 18.4 Å². The van der Waals surface area contributed by atoms with Crippen LogP contribution in [0.2, 0.25) is 0 Å². The molecule has 1 amide bonds. The molecular weight excluding hydrogens is 444 g/mol. The average molecular weight is 479 g/mol. The molecular formula is C27H34N4O4. The van der Waals surface area contributed by atoms with E-state index in [4.69, 9.17) is 14.6 Å². The summed E-state index contributed by atoms with van der Waals surface area (Å²) in [6.45, 7) is 10.0. The second-order valence-corrected chi connectivity index (χ2v) is 10.3. The Morgan fingerprint density at radius 3 is 2.43 bits per heavy atom. The average Bonchev–Trinajstić information content (AvgIpc) is 2.77. The number of carbonyl (C=O) groups excluding carboxylic acids is 1. The van der Waals surface area contributed by atoms with Crippen molar-refractivity contribution in [1.29, 1.82) is 0 Å². The fraction of sp³-hybridized carbons (Fsp3) is 0.444. The maximum absolute atomic E-state index is 12.3. The summed E-state index contributed by atoms with van der Waals surface area (Å²) in [7, 11) is 0. The van der Waals surface area contributed by atoms with E-state index in [0.717, 1.165) is 41.0 Å². The Balaban J connectivity index is 0.000000672. The van der Waals surface area contributed by atoms with E-state index in [9.17, 15) is 4.79 Å². The van der Waals surface area contributed by atoms with Gasteiger partial charge in [-0.25, -0.2) is 5.43 Å². The Morgan fingerprint density at radius 2 is 1.86 bits per heavy atom. The smallest absolute Gasteiger partial charge is 0.300 e. The van der Waals surface area contributed by atoms with Gasteiger partial charge in [-0.3, -0.25) is 9.59 Å². The summed E-state index contributed by atoms with van der Waals surface area (Å²) < 4.78 is 6.07. The Kier molecular flexibility index (Phi) is 6.74. The van der Waals surface area contributed by atoms with E-state index < -0.39 is 5.97 Å². The first-order valence-corrected chi connectivity index (χ1v) is 12.1. The van der Waals surface area contributed by atoms with Crippen LogP contribution in [0.1, 0.15) is 59.4 Å². The quantitative estimate of drug-likeness (QED) is 0.589. The van der Waals surface area contributed by atoms with Gasteiger partial charge in [0.15, 0.2) is 5.84 Å². The van der Waals surface area contributed by atoms with Gasteiger partial charge >= 0.3 is 0 Å². The molecule has 0 saturated heterocycles. The Morgan fingerprint density at radius 1 is 1.20 bits per heavy atom. The molecule has 1 atom stereocenters. The van der Waals surface area contributed by atoms with Crippen LogP contribution in [0.3, 0.4) is 0 Å². The molecule has 3 N–H and O–H groups in total. The molecule has 1 saturated carbocycles. The minimum Gasteiger partial charge on any atom is -0.483 e. The molecule has 1 aliphatic carbocycles. The molecule has 186 valence electrons. The number of rotatable bonds is 3. The highest BCUT2D eigenvalue weighted by Crippen LogP contribution is 2.43. The van der Waals surface area contributed by atoms with Crippen LogP contribution in [0.15, 0.2) is 41.5 Å². The molecule has 0 bridgehead atoms. The lowest BCUT2D eigenvalue weighted by Crippen LogP contribution is -2.55. The molecule has 2 aromatic carbocycles. The van der Waals surface area contributed by atoms with Crippen molar-refractivity contribution in [2.45, 2.75) is 71.4 Å². The second kappa shape index (κ2) is 9.60. The van der Waals surface area contributed by atoms with E-state index >= 15 is 0 Å². The zero-order valence-corrected chi connectivity index (χ0v) is 21.0. The monoisotopic (exact) mass is 478 g/mol.